The fourth-order valence-electron chi connectivity index (χ4n) is 1.41. The summed E-state index contributed by atoms with van der Waals surface area (Å²) in [6.45, 7) is 6.49. The lowest BCUT2D eigenvalue weighted by Gasteiger charge is -2.10. The first-order valence-electron chi connectivity index (χ1n) is 6.52. The Kier molecular flexibility index (Phi) is 6.06. The zero-order valence-electron chi connectivity index (χ0n) is 11.6. The molecule has 0 spiro atoms. The van der Waals surface area contributed by atoms with E-state index in [1.807, 2.05) is 13.8 Å². The van der Waals surface area contributed by atoms with E-state index in [0.29, 0.717) is 30.3 Å². The molecule has 1 rings (SSSR count). The molecule has 4 nitrogen and oxygen atoms in total. The van der Waals surface area contributed by atoms with Crippen LogP contribution in [0.5, 0.6) is 0 Å². The molecule has 0 aliphatic carbocycles. The molecule has 0 N–H and O–H groups in total. The third kappa shape index (κ3) is 4.73. The van der Waals surface area contributed by atoms with Crippen LogP contribution >= 0.6 is 0 Å². The first-order chi connectivity index (χ1) is 9.08. The van der Waals surface area contributed by atoms with Crippen LogP contribution in [0.3, 0.4) is 0 Å². The minimum Gasteiger partial charge on any atom is -0.462 e. The molecule has 0 saturated heterocycles. The molecule has 1 aromatic rings. The van der Waals surface area contributed by atoms with Crippen molar-refractivity contribution in [2.45, 2.75) is 27.2 Å². The highest BCUT2D eigenvalue weighted by Gasteiger charge is 2.12. The van der Waals surface area contributed by atoms with Crippen molar-refractivity contribution in [1.29, 1.82) is 0 Å². The standard InChI is InChI=1S/C15H20O4/c1-4-11(3)10-19-15(17)13-8-6-7-12(9-13)14(16)18-5-2/h6-9,11H,4-5,10H2,1-3H3. The van der Waals surface area contributed by atoms with Gasteiger partial charge in [0.2, 0.25) is 0 Å². The van der Waals surface area contributed by atoms with E-state index in [9.17, 15) is 9.59 Å². The molecule has 0 bridgehead atoms. The number of carbonyl (C=O) groups excluding carboxylic acids is 2. The summed E-state index contributed by atoms with van der Waals surface area (Å²) in [6.07, 6.45) is 0.955. The summed E-state index contributed by atoms with van der Waals surface area (Å²) in [5.74, 6) is -0.511. The smallest absolute Gasteiger partial charge is 0.338 e. The maximum absolute atomic E-state index is 11.8. The second kappa shape index (κ2) is 7.56. The van der Waals surface area contributed by atoms with E-state index >= 15 is 0 Å². The van der Waals surface area contributed by atoms with Crippen LogP contribution in [-0.4, -0.2) is 25.2 Å². The average Bonchev–Trinajstić information content (AvgIpc) is 2.44. The van der Waals surface area contributed by atoms with Gasteiger partial charge in [0, 0.05) is 0 Å². The molecule has 0 heterocycles. The first-order valence-corrected chi connectivity index (χ1v) is 6.52. The molecule has 0 aliphatic rings. The molecular weight excluding hydrogens is 244 g/mol. The van der Waals surface area contributed by atoms with E-state index in [0.717, 1.165) is 6.42 Å². The molecule has 0 saturated carbocycles. The molecule has 1 atom stereocenters. The van der Waals surface area contributed by atoms with Gasteiger partial charge in [0.15, 0.2) is 0 Å². The van der Waals surface area contributed by atoms with E-state index in [2.05, 4.69) is 0 Å². The Balaban J connectivity index is 2.70. The highest BCUT2D eigenvalue weighted by molar-refractivity contribution is 5.95. The van der Waals surface area contributed by atoms with Gasteiger partial charge in [0.25, 0.3) is 0 Å². The topological polar surface area (TPSA) is 52.6 Å². The van der Waals surface area contributed by atoms with Crippen LogP contribution in [0.25, 0.3) is 0 Å². The molecule has 19 heavy (non-hydrogen) atoms. The molecule has 0 aromatic heterocycles. The Morgan fingerprint density at radius 3 is 2.21 bits per heavy atom. The Morgan fingerprint density at radius 1 is 1.11 bits per heavy atom. The summed E-state index contributed by atoms with van der Waals surface area (Å²) >= 11 is 0. The van der Waals surface area contributed by atoms with Crippen molar-refractivity contribution in [3.8, 4) is 0 Å². The molecule has 0 radical (unpaired) electrons. The normalized spacial score (nSPS) is 11.7. The zero-order chi connectivity index (χ0) is 14.3. The summed E-state index contributed by atoms with van der Waals surface area (Å²) in [4.78, 5) is 23.4. The second-order valence-electron chi connectivity index (χ2n) is 4.41. The SMILES string of the molecule is CCOC(=O)c1cccc(C(=O)OCC(C)CC)c1. The number of hydrogen-bond acceptors (Lipinski definition) is 4. The van der Waals surface area contributed by atoms with Gasteiger partial charge in [-0.05, 0) is 31.0 Å². The van der Waals surface area contributed by atoms with Gasteiger partial charge >= 0.3 is 11.9 Å². The Bertz CT molecular complexity index is 440. The number of esters is 2. The molecule has 4 heteroatoms. The highest BCUT2D eigenvalue weighted by atomic mass is 16.5. The van der Waals surface area contributed by atoms with Gasteiger partial charge in [0.05, 0.1) is 24.3 Å². The minimum absolute atomic E-state index is 0.307. The summed E-state index contributed by atoms with van der Waals surface area (Å²) in [5, 5.41) is 0. The van der Waals surface area contributed by atoms with Crippen molar-refractivity contribution in [2.75, 3.05) is 13.2 Å². The molecular formula is C15H20O4. The minimum atomic E-state index is -0.431. The van der Waals surface area contributed by atoms with Crippen molar-refractivity contribution in [2.24, 2.45) is 5.92 Å². The predicted octanol–water partition coefficient (Wildman–Crippen LogP) is 3.07. The van der Waals surface area contributed by atoms with Gasteiger partial charge in [0.1, 0.15) is 0 Å². The number of hydrogen-bond donors (Lipinski definition) is 0. The Hall–Kier alpha value is -1.84. The van der Waals surface area contributed by atoms with E-state index in [4.69, 9.17) is 9.47 Å². The zero-order valence-corrected chi connectivity index (χ0v) is 11.6. The van der Waals surface area contributed by atoms with Crippen molar-refractivity contribution >= 4 is 11.9 Å². The number of ether oxygens (including phenoxy) is 2. The average molecular weight is 264 g/mol. The molecule has 104 valence electrons. The summed E-state index contributed by atoms with van der Waals surface area (Å²) < 4.78 is 10.1. The van der Waals surface area contributed by atoms with Gasteiger partial charge < -0.3 is 9.47 Å². The van der Waals surface area contributed by atoms with Crippen LogP contribution < -0.4 is 0 Å². The second-order valence-corrected chi connectivity index (χ2v) is 4.41. The van der Waals surface area contributed by atoms with Gasteiger partial charge in [-0.2, -0.15) is 0 Å². The third-order valence-corrected chi connectivity index (χ3v) is 2.81. The highest BCUT2D eigenvalue weighted by Crippen LogP contribution is 2.10. The van der Waals surface area contributed by atoms with E-state index in [1.165, 1.54) is 6.07 Å². The summed E-state index contributed by atoms with van der Waals surface area (Å²) in [6, 6.07) is 6.38. The van der Waals surface area contributed by atoms with Gasteiger partial charge in [-0.15, -0.1) is 0 Å². The Labute approximate surface area is 113 Å². The van der Waals surface area contributed by atoms with Crippen molar-refractivity contribution in [3.63, 3.8) is 0 Å². The fraction of sp³-hybridized carbons (Fsp3) is 0.467. The number of carbonyl (C=O) groups is 2. The Morgan fingerprint density at radius 2 is 1.68 bits per heavy atom. The van der Waals surface area contributed by atoms with Crippen molar-refractivity contribution < 1.29 is 19.1 Å². The molecule has 1 unspecified atom stereocenters. The van der Waals surface area contributed by atoms with Gasteiger partial charge in [-0.1, -0.05) is 26.3 Å². The summed E-state index contributed by atoms with van der Waals surface area (Å²) in [7, 11) is 0. The quantitative estimate of drug-likeness (QED) is 0.741. The monoisotopic (exact) mass is 264 g/mol. The lowest BCUT2D eigenvalue weighted by atomic mass is 10.1. The van der Waals surface area contributed by atoms with E-state index < -0.39 is 11.9 Å². The van der Waals surface area contributed by atoms with Crippen LogP contribution in [0.2, 0.25) is 0 Å². The van der Waals surface area contributed by atoms with Gasteiger partial charge in [-0.25, -0.2) is 9.59 Å². The summed E-state index contributed by atoms with van der Waals surface area (Å²) in [5.41, 5.74) is 0.730. The predicted molar refractivity (Wildman–Crippen MR) is 72.1 cm³/mol. The van der Waals surface area contributed by atoms with E-state index in [1.54, 1.807) is 25.1 Å². The van der Waals surface area contributed by atoms with Crippen LogP contribution in [0.4, 0.5) is 0 Å². The van der Waals surface area contributed by atoms with E-state index in [-0.39, 0.29) is 0 Å². The first kappa shape index (κ1) is 15.2. The maximum atomic E-state index is 11.8. The molecule has 1 aromatic carbocycles. The number of benzene rings is 1. The number of rotatable bonds is 6. The molecule has 0 fully saturated rings. The largest absolute Gasteiger partial charge is 0.462 e. The van der Waals surface area contributed by atoms with Crippen molar-refractivity contribution in [1.82, 2.24) is 0 Å². The van der Waals surface area contributed by atoms with Crippen LogP contribution in [0.1, 0.15) is 47.9 Å². The lowest BCUT2D eigenvalue weighted by molar-refractivity contribution is 0.0447. The molecule has 0 aliphatic heterocycles. The van der Waals surface area contributed by atoms with Crippen molar-refractivity contribution in [3.05, 3.63) is 35.4 Å². The third-order valence-electron chi connectivity index (χ3n) is 2.81. The fourth-order valence-corrected chi connectivity index (χ4v) is 1.41. The van der Waals surface area contributed by atoms with Gasteiger partial charge in [-0.3, -0.25) is 0 Å². The lowest BCUT2D eigenvalue weighted by Crippen LogP contribution is -2.12. The molecule has 0 amide bonds. The maximum Gasteiger partial charge on any atom is 0.338 e. The van der Waals surface area contributed by atoms with Crippen LogP contribution in [0, 0.1) is 5.92 Å². The van der Waals surface area contributed by atoms with Crippen LogP contribution in [0.15, 0.2) is 24.3 Å². The van der Waals surface area contributed by atoms with Crippen LogP contribution in [-0.2, 0) is 9.47 Å².